The van der Waals surface area contributed by atoms with E-state index in [4.69, 9.17) is 15.9 Å². The molecule has 0 saturated heterocycles. The van der Waals surface area contributed by atoms with E-state index in [2.05, 4.69) is 4.98 Å². The zero-order valence-electron chi connectivity index (χ0n) is 7.23. The minimum atomic E-state index is -1.14. The van der Waals surface area contributed by atoms with Gasteiger partial charge in [0.2, 0.25) is 5.43 Å². The molecule has 76 valence electrons. The van der Waals surface area contributed by atoms with E-state index in [-0.39, 0.29) is 6.42 Å². The van der Waals surface area contributed by atoms with Crippen molar-refractivity contribution in [3.63, 3.8) is 0 Å². The standard InChI is InChI=1S/C8H10N2O4/c9-5(8(13)14)1-4-2-6(11)7(12)3-10-4/h2-3,5,12H,1,9H2,(H,10,11)(H,13,14)/t5-/m0/s1. The number of aromatic hydroxyl groups is 1. The molecule has 6 nitrogen and oxygen atoms in total. The van der Waals surface area contributed by atoms with Crippen LogP contribution in [-0.4, -0.2) is 27.2 Å². The molecule has 0 aliphatic rings. The summed E-state index contributed by atoms with van der Waals surface area (Å²) in [5.41, 5.74) is 5.07. The van der Waals surface area contributed by atoms with Crippen molar-refractivity contribution in [1.82, 2.24) is 4.98 Å². The molecule has 1 aromatic heterocycles. The fourth-order valence-electron chi connectivity index (χ4n) is 0.948. The van der Waals surface area contributed by atoms with Crippen molar-refractivity contribution in [2.75, 3.05) is 0 Å². The van der Waals surface area contributed by atoms with Gasteiger partial charge in [-0.2, -0.15) is 0 Å². The Morgan fingerprint density at radius 3 is 2.79 bits per heavy atom. The number of aliphatic carboxylic acids is 1. The van der Waals surface area contributed by atoms with Crippen LogP contribution in [0.1, 0.15) is 5.69 Å². The molecule has 0 spiro atoms. The van der Waals surface area contributed by atoms with Crippen LogP contribution in [0.3, 0.4) is 0 Å². The Kier molecular flexibility index (Phi) is 2.88. The lowest BCUT2D eigenvalue weighted by Crippen LogP contribution is -2.32. The lowest BCUT2D eigenvalue weighted by Gasteiger charge is -2.05. The lowest BCUT2D eigenvalue weighted by molar-refractivity contribution is -0.138. The fourth-order valence-corrected chi connectivity index (χ4v) is 0.948. The van der Waals surface area contributed by atoms with Crippen molar-refractivity contribution in [2.45, 2.75) is 12.5 Å². The Hall–Kier alpha value is -1.82. The maximum absolute atomic E-state index is 10.9. The summed E-state index contributed by atoms with van der Waals surface area (Å²) in [5.74, 6) is -1.54. The second kappa shape index (κ2) is 3.93. The van der Waals surface area contributed by atoms with E-state index in [0.29, 0.717) is 5.69 Å². The third kappa shape index (κ3) is 2.33. The zero-order valence-corrected chi connectivity index (χ0v) is 7.23. The van der Waals surface area contributed by atoms with E-state index >= 15 is 0 Å². The van der Waals surface area contributed by atoms with E-state index in [1.807, 2.05) is 0 Å². The molecule has 0 aliphatic heterocycles. The summed E-state index contributed by atoms with van der Waals surface area (Å²) in [7, 11) is 0. The van der Waals surface area contributed by atoms with Gasteiger partial charge in [-0.25, -0.2) is 0 Å². The molecule has 14 heavy (non-hydrogen) atoms. The summed E-state index contributed by atoms with van der Waals surface area (Å²) >= 11 is 0. The van der Waals surface area contributed by atoms with Gasteiger partial charge in [0.15, 0.2) is 5.75 Å². The zero-order chi connectivity index (χ0) is 10.7. The van der Waals surface area contributed by atoms with Crippen molar-refractivity contribution < 1.29 is 15.0 Å². The van der Waals surface area contributed by atoms with Crippen LogP contribution in [0.5, 0.6) is 5.75 Å². The van der Waals surface area contributed by atoms with Crippen molar-refractivity contribution in [2.24, 2.45) is 5.73 Å². The van der Waals surface area contributed by atoms with Crippen LogP contribution in [0.15, 0.2) is 17.1 Å². The minimum Gasteiger partial charge on any atom is -0.503 e. The van der Waals surface area contributed by atoms with Gasteiger partial charge < -0.3 is 20.9 Å². The molecule has 0 fully saturated rings. The molecule has 0 amide bonds. The summed E-state index contributed by atoms with van der Waals surface area (Å²) in [6.07, 6.45) is 1.12. The molecule has 0 unspecified atom stereocenters. The molecule has 6 heteroatoms. The van der Waals surface area contributed by atoms with Crippen LogP contribution in [-0.2, 0) is 11.2 Å². The van der Waals surface area contributed by atoms with Crippen molar-refractivity contribution in [1.29, 1.82) is 0 Å². The molecule has 0 aromatic carbocycles. The molecule has 0 radical (unpaired) electrons. The Morgan fingerprint density at radius 2 is 2.29 bits per heavy atom. The average Bonchev–Trinajstić information content (AvgIpc) is 2.11. The van der Waals surface area contributed by atoms with Crippen LogP contribution in [0.4, 0.5) is 0 Å². The smallest absolute Gasteiger partial charge is 0.320 e. The minimum absolute atomic E-state index is 0.0187. The highest BCUT2D eigenvalue weighted by Gasteiger charge is 2.12. The fraction of sp³-hybridized carbons (Fsp3) is 0.250. The number of hydrogen-bond donors (Lipinski definition) is 4. The largest absolute Gasteiger partial charge is 0.503 e. The number of nitrogens with one attached hydrogen (secondary N) is 1. The van der Waals surface area contributed by atoms with Gasteiger partial charge >= 0.3 is 5.97 Å². The van der Waals surface area contributed by atoms with Gasteiger partial charge in [-0.05, 0) is 0 Å². The SMILES string of the molecule is N[C@@H](Cc1cc(=O)c(O)c[nH]1)C(=O)O. The van der Waals surface area contributed by atoms with Gasteiger partial charge in [0, 0.05) is 24.4 Å². The molecule has 1 aromatic rings. The van der Waals surface area contributed by atoms with Crippen LogP contribution in [0, 0.1) is 0 Å². The Morgan fingerprint density at radius 1 is 1.64 bits per heavy atom. The van der Waals surface area contributed by atoms with E-state index in [1.165, 1.54) is 0 Å². The summed E-state index contributed by atoms with van der Waals surface area (Å²) in [5, 5.41) is 17.4. The molecular formula is C8H10N2O4. The number of carbonyl (C=O) groups is 1. The molecule has 1 rings (SSSR count). The van der Waals surface area contributed by atoms with E-state index in [9.17, 15) is 9.59 Å². The van der Waals surface area contributed by atoms with Gasteiger partial charge in [0.1, 0.15) is 6.04 Å². The lowest BCUT2D eigenvalue weighted by atomic mass is 10.1. The van der Waals surface area contributed by atoms with E-state index < -0.39 is 23.2 Å². The monoisotopic (exact) mass is 198 g/mol. The number of H-pyrrole nitrogens is 1. The summed E-state index contributed by atoms with van der Waals surface area (Å²) in [4.78, 5) is 23.9. The Balaban J connectivity index is 2.83. The maximum Gasteiger partial charge on any atom is 0.320 e. The van der Waals surface area contributed by atoms with Crippen LogP contribution in [0.25, 0.3) is 0 Å². The second-order valence-corrected chi connectivity index (χ2v) is 2.86. The third-order valence-electron chi connectivity index (χ3n) is 1.71. The number of aromatic amines is 1. The van der Waals surface area contributed by atoms with Crippen LogP contribution >= 0.6 is 0 Å². The number of carboxylic acids is 1. The van der Waals surface area contributed by atoms with Gasteiger partial charge in [0.25, 0.3) is 0 Å². The van der Waals surface area contributed by atoms with Crippen molar-refractivity contribution in [3.05, 3.63) is 28.2 Å². The first kappa shape index (κ1) is 10.3. The summed E-state index contributed by atoms with van der Waals surface area (Å²) in [6.45, 7) is 0. The molecule has 5 N–H and O–H groups in total. The van der Waals surface area contributed by atoms with Crippen LogP contribution < -0.4 is 11.2 Å². The van der Waals surface area contributed by atoms with E-state index in [1.54, 1.807) is 0 Å². The number of pyridine rings is 1. The molecule has 1 heterocycles. The average molecular weight is 198 g/mol. The Labute approximate surface area is 79.0 Å². The molecule has 0 saturated carbocycles. The topological polar surface area (TPSA) is 116 Å². The number of rotatable bonds is 3. The normalized spacial score (nSPS) is 12.4. The predicted molar refractivity (Wildman–Crippen MR) is 48.0 cm³/mol. The number of aromatic nitrogens is 1. The van der Waals surface area contributed by atoms with Crippen molar-refractivity contribution >= 4 is 5.97 Å². The number of nitrogens with two attached hydrogens (primary N) is 1. The highest BCUT2D eigenvalue weighted by molar-refractivity contribution is 5.73. The summed E-state index contributed by atoms with van der Waals surface area (Å²) < 4.78 is 0. The highest BCUT2D eigenvalue weighted by atomic mass is 16.4. The maximum atomic E-state index is 10.9. The number of carboxylic acid groups (broad SMARTS) is 1. The quantitative estimate of drug-likeness (QED) is 0.498. The number of hydrogen-bond acceptors (Lipinski definition) is 4. The highest BCUT2D eigenvalue weighted by Crippen LogP contribution is 2.00. The van der Waals surface area contributed by atoms with Gasteiger partial charge in [-0.1, -0.05) is 0 Å². The van der Waals surface area contributed by atoms with Gasteiger partial charge in [-0.15, -0.1) is 0 Å². The third-order valence-corrected chi connectivity index (χ3v) is 1.71. The molecule has 1 atom stereocenters. The first-order valence-electron chi connectivity index (χ1n) is 3.89. The van der Waals surface area contributed by atoms with E-state index in [0.717, 1.165) is 12.3 Å². The second-order valence-electron chi connectivity index (χ2n) is 2.86. The first-order valence-corrected chi connectivity index (χ1v) is 3.89. The van der Waals surface area contributed by atoms with Gasteiger partial charge in [0.05, 0.1) is 0 Å². The van der Waals surface area contributed by atoms with Crippen molar-refractivity contribution in [3.8, 4) is 5.75 Å². The summed E-state index contributed by atoms with van der Waals surface area (Å²) in [6, 6.07) is 0.0631. The molecule has 0 aliphatic carbocycles. The predicted octanol–water partition coefficient (Wildman–Crippen LogP) is -0.965. The Bertz CT molecular complexity index is 399. The first-order chi connectivity index (χ1) is 6.50. The van der Waals surface area contributed by atoms with Gasteiger partial charge in [-0.3, -0.25) is 9.59 Å². The molecule has 0 bridgehead atoms. The molecular weight excluding hydrogens is 188 g/mol. The van der Waals surface area contributed by atoms with Crippen LogP contribution in [0.2, 0.25) is 0 Å².